The van der Waals surface area contributed by atoms with Gasteiger partial charge >= 0.3 is 0 Å². The predicted molar refractivity (Wildman–Crippen MR) is 105 cm³/mol. The van der Waals surface area contributed by atoms with Gasteiger partial charge in [0.15, 0.2) is 5.82 Å². The molecule has 1 unspecified atom stereocenters. The summed E-state index contributed by atoms with van der Waals surface area (Å²) in [5.74, 6) is 0.509. The Balaban J connectivity index is 1.74. The van der Waals surface area contributed by atoms with Crippen LogP contribution in [0.2, 0.25) is 0 Å². The molecule has 1 atom stereocenters. The highest BCUT2D eigenvalue weighted by Crippen LogP contribution is 2.34. The molecule has 1 amide bonds. The highest BCUT2D eigenvalue weighted by atomic mass is 16.3. The van der Waals surface area contributed by atoms with Crippen molar-refractivity contribution in [1.82, 2.24) is 24.8 Å². The van der Waals surface area contributed by atoms with E-state index >= 15 is 0 Å². The van der Waals surface area contributed by atoms with Gasteiger partial charge in [-0.1, -0.05) is 0 Å². The predicted octanol–water partition coefficient (Wildman–Crippen LogP) is 1.89. The lowest BCUT2D eigenvalue weighted by Gasteiger charge is -2.10. The summed E-state index contributed by atoms with van der Waals surface area (Å²) in [6, 6.07) is 11.2. The highest BCUT2D eigenvalue weighted by Gasteiger charge is 2.21. The van der Waals surface area contributed by atoms with E-state index in [0.717, 1.165) is 28.3 Å². The molecule has 1 aliphatic heterocycles. The van der Waals surface area contributed by atoms with Crippen LogP contribution in [-0.4, -0.2) is 43.9 Å². The molecule has 9 nitrogen and oxygen atoms in total. The van der Waals surface area contributed by atoms with Crippen LogP contribution in [0.5, 0.6) is 0 Å². The Bertz CT molecular complexity index is 1200. The molecule has 3 heterocycles. The van der Waals surface area contributed by atoms with Crippen molar-refractivity contribution in [2.75, 3.05) is 17.7 Å². The smallest absolute Gasteiger partial charge is 0.251 e. The molecule has 0 saturated heterocycles. The van der Waals surface area contributed by atoms with Crippen molar-refractivity contribution < 1.29 is 9.90 Å². The molecule has 5 rings (SSSR count). The summed E-state index contributed by atoms with van der Waals surface area (Å²) in [5.41, 5.74) is 5.32. The lowest BCUT2D eigenvalue weighted by atomic mass is 10.2. The highest BCUT2D eigenvalue weighted by molar-refractivity contribution is 5.98. The van der Waals surface area contributed by atoms with Crippen LogP contribution in [0.25, 0.3) is 28.2 Å². The Labute approximate surface area is 159 Å². The van der Waals surface area contributed by atoms with Gasteiger partial charge in [-0.25, -0.2) is 9.97 Å². The summed E-state index contributed by atoms with van der Waals surface area (Å²) in [4.78, 5) is 23.9. The number of aromatic amines is 1. The molecular formula is C19H17N7O2. The molecule has 4 aromatic rings. The third-order valence-corrected chi connectivity index (χ3v) is 4.73. The Morgan fingerprint density at radius 1 is 1.18 bits per heavy atom. The van der Waals surface area contributed by atoms with Crippen molar-refractivity contribution in [1.29, 1.82) is 0 Å². The second kappa shape index (κ2) is 6.10. The third-order valence-electron chi connectivity index (χ3n) is 4.73. The van der Waals surface area contributed by atoms with Gasteiger partial charge in [0.25, 0.3) is 5.91 Å². The minimum atomic E-state index is -0.813. The van der Waals surface area contributed by atoms with E-state index in [1.165, 1.54) is 0 Å². The largest absolute Gasteiger partial charge is 0.357 e. The standard InChI is InChI=1S/C19H17N7O2/c1-20-18(27)10-2-5-16-14(6-10)23-17(15-8-21-9-22-15)26(16)11-3-4-12-13(7-11)25-19(28)24-12/h2-9,19,24-25,28H,1H3,(H,20,27)(H,21,22). The fourth-order valence-corrected chi connectivity index (χ4v) is 3.43. The van der Waals surface area contributed by atoms with Crippen molar-refractivity contribution in [3.05, 3.63) is 54.5 Å². The first-order valence-corrected chi connectivity index (χ1v) is 8.73. The number of hydrogen-bond acceptors (Lipinski definition) is 6. The number of fused-ring (bicyclic) bond motifs is 2. The van der Waals surface area contributed by atoms with Gasteiger partial charge in [0.1, 0.15) is 5.69 Å². The van der Waals surface area contributed by atoms with Gasteiger partial charge in [-0.3, -0.25) is 9.36 Å². The van der Waals surface area contributed by atoms with E-state index in [2.05, 4.69) is 25.9 Å². The number of H-pyrrole nitrogens is 1. The number of hydrogen-bond donors (Lipinski definition) is 5. The molecule has 0 bridgehead atoms. The molecule has 2 aromatic heterocycles. The minimum Gasteiger partial charge on any atom is -0.357 e. The van der Waals surface area contributed by atoms with Crippen LogP contribution in [0.4, 0.5) is 11.4 Å². The first-order valence-electron chi connectivity index (χ1n) is 8.73. The van der Waals surface area contributed by atoms with Crippen LogP contribution in [0.1, 0.15) is 10.4 Å². The van der Waals surface area contributed by atoms with Crippen molar-refractivity contribution >= 4 is 28.3 Å². The normalized spacial score (nSPS) is 15.1. The number of nitrogens with one attached hydrogen (secondary N) is 4. The van der Waals surface area contributed by atoms with Crippen LogP contribution >= 0.6 is 0 Å². The van der Waals surface area contributed by atoms with Crippen molar-refractivity contribution in [3.8, 4) is 17.2 Å². The number of carbonyl (C=O) groups is 1. The number of benzene rings is 2. The molecule has 2 aromatic carbocycles. The number of aliphatic hydroxyl groups is 1. The summed E-state index contributed by atoms with van der Waals surface area (Å²) < 4.78 is 1.99. The summed E-state index contributed by atoms with van der Waals surface area (Å²) in [5, 5.41) is 18.3. The second-order valence-corrected chi connectivity index (χ2v) is 6.44. The van der Waals surface area contributed by atoms with Crippen LogP contribution in [0.15, 0.2) is 48.9 Å². The molecule has 0 aliphatic carbocycles. The fraction of sp³-hybridized carbons (Fsp3) is 0.105. The minimum absolute atomic E-state index is 0.165. The summed E-state index contributed by atoms with van der Waals surface area (Å²) in [6.07, 6.45) is 2.49. The van der Waals surface area contributed by atoms with E-state index in [1.54, 1.807) is 31.7 Å². The van der Waals surface area contributed by atoms with E-state index in [-0.39, 0.29) is 5.91 Å². The Morgan fingerprint density at radius 2 is 2.04 bits per heavy atom. The Kier molecular flexibility index (Phi) is 3.56. The average molecular weight is 375 g/mol. The molecule has 5 N–H and O–H groups in total. The first kappa shape index (κ1) is 16.3. The van der Waals surface area contributed by atoms with Gasteiger partial charge < -0.3 is 26.0 Å². The van der Waals surface area contributed by atoms with Gasteiger partial charge in [-0.15, -0.1) is 0 Å². The number of nitrogens with zero attached hydrogens (tertiary/aromatic N) is 3. The summed E-state index contributed by atoms with van der Waals surface area (Å²) in [7, 11) is 1.60. The lowest BCUT2D eigenvalue weighted by molar-refractivity contribution is 0.0963. The number of aromatic nitrogens is 4. The summed E-state index contributed by atoms with van der Waals surface area (Å²) in [6.45, 7) is 0. The van der Waals surface area contributed by atoms with E-state index in [0.29, 0.717) is 16.9 Å². The number of amides is 1. The molecule has 28 heavy (non-hydrogen) atoms. The lowest BCUT2D eigenvalue weighted by Crippen LogP contribution is -2.20. The van der Waals surface area contributed by atoms with Gasteiger partial charge in [0.05, 0.1) is 34.9 Å². The second-order valence-electron chi connectivity index (χ2n) is 6.44. The number of aliphatic hydroxyl groups excluding tert-OH is 1. The molecule has 0 spiro atoms. The maximum atomic E-state index is 12.0. The third kappa shape index (κ3) is 2.48. The SMILES string of the molecule is CNC(=O)c1ccc2c(c1)nc(-c1cnc[nH]1)n2-c1ccc2c(c1)NC(O)N2. The van der Waals surface area contributed by atoms with E-state index in [9.17, 15) is 9.90 Å². The van der Waals surface area contributed by atoms with Gasteiger partial charge in [0, 0.05) is 18.3 Å². The molecule has 140 valence electrons. The van der Waals surface area contributed by atoms with Crippen molar-refractivity contribution in [3.63, 3.8) is 0 Å². The Morgan fingerprint density at radius 3 is 2.82 bits per heavy atom. The monoisotopic (exact) mass is 375 g/mol. The maximum absolute atomic E-state index is 12.0. The van der Waals surface area contributed by atoms with Crippen molar-refractivity contribution in [2.24, 2.45) is 0 Å². The number of imidazole rings is 2. The maximum Gasteiger partial charge on any atom is 0.251 e. The van der Waals surface area contributed by atoms with Crippen LogP contribution in [-0.2, 0) is 0 Å². The Hall–Kier alpha value is -3.85. The molecule has 0 saturated carbocycles. The number of carbonyl (C=O) groups excluding carboxylic acids is 1. The van der Waals surface area contributed by atoms with E-state index in [4.69, 9.17) is 4.98 Å². The average Bonchev–Trinajstić information content (AvgIpc) is 3.42. The molecule has 1 aliphatic rings. The van der Waals surface area contributed by atoms with Crippen LogP contribution < -0.4 is 16.0 Å². The van der Waals surface area contributed by atoms with Gasteiger partial charge in [0.2, 0.25) is 6.35 Å². The first-order chi connectivity index (χ1) is 13.6. The molecule has 0 radical (unpaired) electrons. The number of anilines is 2. The van der Waals surface area contributed by atoms with E-state index < -0.39 is 6.35 Å². The topological polar surface area (TPSA) is 120 Å². The molecule has 9 heteroatoms. The van der Waals surface area contributed by atoms with E-state index in [1.807, 2.05) is 28.8 Å². The molecule has 0 fully saturated rings. The van der Waals surface area contributed by atoms with Gasteiger partial charge in [-0.2, -0.15) is 0 Å². The zero-order valence-electron chi connectivity index (χ0n) is 14.9. The van der Waals surface area contributed by atoms with Crippen molar-refractivity contribution in [2.45, 2.75) is 6.35 Å². The van der Waals surface area contributed by atoms with Crippen LogP contribution in [0.3, 0.4) is 0 Å². The number of rotatable bonds is 3. The quantitative estimate of drug-likeness (QED) is 0.373. The zero-order valence-corrected chi connectivity index (χ0v) is 14.9. The molecular weight excluding hydrogens is 358 g/mol. The van der Waals surface area contributed by atoms with Crippen LogP contribution in [0, 0.1) is 0 Å². The zero-order chi connectivity index (χ0) is 19.3. The summed E-state index contributed by atoms with van der Waals surface area (Å²) >= 11 is 0. The fourth-order valence-electron chi connectivity index (χ4n) is 3.43. The van der Waals surface area contributed by atoms with Gasteiger partial charge in [-0.05, 0) is 36.4 Å².